The van der Waals surface area contributed by atoms with E-state index in [0.717, 1.165) is 51.6 Å². The molecule has 5 nitrogen and oxygen atoms in total. The summed E-state index contributed by atoms with van der Waals surface area (Å²) in [5, 5.41) is 3.21. The van der Waals surface area contributed by atoms with Crippen molar-refractivity contribution in [3.8, 4) is 11.3 Å². The van der Waals surface area contributed by atoms with E-state index in [1.54, 1.807) is 0 Å². The molecule has 0 amide bonds. The van der Waals surface area contributed by atoms with Crippen LogP contribution in [0.5, 0.6) is 0 Å². The number of aromatic nitrogens is 4. The molecule has 0 saturated heterocycles. The number of nitrogens with zero attached hydrogens (tertiary/aromatic N) is 3. The van der Waals surface area contributed by atoms with Crippen LogP contribution in [0.4, 0.5) is 5.82 Å². The lowest BCUT2D eigenvalue weighted by Crippen LogP contribution is -2.04. The molecule has 0 unspecified atom stereocenters. The Hall–Kier alpha value is -2.43. The van der Waals surface area contributed by atoms with Crippen molar-refractivity contribution in [2.24, 2.45) is 0 Å². The highest BCUT2D eigenvalue weighted by Gasteiger charge is 2.16. The van der Waals surface area contributed by atoms with Crippen molar-refractivity contribution >= 4 is 17.0 Å². The molecule has 23 heavy (non-hydrogen) atoms. The topological polar surface area (TPSA) is 66.5 Å². The van der Waals surface area contributed by atoms with Gasteiger partial charge in [0.05, 0.1) is 11.4 Å². The zero-order valence-electron chi connectivity index (χ0n) is 14.4. The predicted molar refractivity (Wildman–Crippen MR) is 94.9 cm³/mol. The summed E-state index contributed by atoms with van der Waals surface area (Å²) < 4.78 is 0. The summed E-state index contributed by atoms with van der Waals surface area (Å²) in [6.45, 7) is 8.44. The van der Waals surface area contributed by atoms with E-state index < -0.39 is 0 Å². The number of fused-ring (bicyclic) bond motifs is 1. The lowest BCUT2D eigenvalue weighted by atomic mass is 10.0. The van der Waals surface area contributed by atoms with Gasteiger partial charge in [0.15, 0.2) is 5.65 Å². The molecule has 0 aliphatic heterocycles. The zero-order valence-corrected chi connectivity index (χ0v) is 14.4. The summed E-state index contributed by atoms with van der Waals surface area (Å²) >= 11 is 0. The Bertz CT molecular complexity index is 848. The van der Waals surface area contributed by atoms with Gasteiger partial charge in [0.25, 0.3) is 0 Å². The largest absolute Gasteiger partial charge is 0.373 e. The quantitative estimate of drug-likeness (QED) is 0.763. The number of hydrogen-bond acceptors (Lipinski definition) is 4. The minimum atomic E-state index is 0.391. The highest BCUT2D eigenvalue weighted by molar-refractivity contribution is 5.82. The SMILES string of the molecule is CCc1nc2[nH]cc(C)c2nc1-c1ccc(C(C)C)nc1NC. The summed E-state index contributed by atoms with van der Waals surface area (Å²) in [5.74, 6) is 1.25. The zero-order chi connectivity index (χ0) is 16.6. The van der Waals surface area contributed by atoms with Crippen molar-refractivity contribution in [2.45, 2.75) is 40.0 Å². The van der Waals surface area contributed by atoms with E-state index in [0.29, 0.717) is 5.92 Å². The number of rotatable bonds is 4. The molecule has 3 heterocycles. The molecular formula is C18H23N5. The van der Waals surface area contributed by atoms with Crippen molar-refractivity contribution in [2.75, 3.05) is 12.4 Å². The molecule has 0 aromatic carbocycles. The van der Waals surface area contributed by atoms with E-state index in [-0.39, 0.29) is 0 Å². The lowest BCUT2D eigenvalue weighted by Gasteiger charge is -2.14. The first kappa shape index (κ1) is 15.5. The second kappa shape index (κ2) is 5.99. The van der Waals surface area contributed by atoms with E-state index >= 15 is 0 Å². The van der Waals surface area contributed by atoms with Crippen molar-refractivity contribution in [3.63, 3.8) is 0 Å². The summed E-state index contributed by atoms with van der Waals surface area (Å²) in [6, 6.07) is 4.18. The molecule has 0 atom stereocenters. The van der Waals surface area contributed by atoms with Crippen LogP contribution in [-0.4, -0.2) is 27.0 Å². The number of aryl methyl sites for hydroxylation is 2. The first-order valence-corrected chi connectivity index (χ1v) is 8.08. The van der Waals surface area contributed by atoms with Crippen LogP contribution in [0.15, 0.2) is 18.3 Å². The Kier molecular flexibility index (Phi) is 4.03. The molecule has 0 bridgehead atoms. The van der Waals surface area contributed by atoms with Gasteiger partial charge in [-0.15, -0.1) is 0 Å². The highest BCUT2D eigenvalue weighted by Crippen LogP contribution is 2.30. The van der Waals surface area contributed by atoms with Crippen LogP contribution >= 0.6 is 0 Å². The third-order valence-electron chi connectivity index (χ3n) is 4.10. The fourth-order valence-corrected chi connectivity index (χ4v) is 2.73. The van der Waals surface area contributed by atoms with Gasteiger partial charge < -0.3 is 10.3 Å². The van der Waals surface area contributed by atoms with Gasteiger partial charge >= 0.3 is 0 Å². The van der Waals surface area contributed by atoms with E-state index in [1.807, 2.05) is 20.2 Å². The Balaban J connectivity index is 2.24. The monoisotopic (exact) mass is 309 g/mol. The maximum absolute atomic E-state index is 4.89. The maximum Gasteiger partial charge on any atom is 0.156 e. The van der Waals surface area contributed by atoms with E-state index in [4.69, 9.17) is 15.0 Å². The molecule has 0 aliphatic carbocycles. The predicted octanol–water partition coefficient (Wildman–Crippen LogP) is 4.06. The van der Waals surface area contributed by atoms with Crippen LogP contribution in [0.25, 0.3) is 22.4 Å². The molecule has 3 rings (SSSR count). The Morgan fingerprint density at radius 2 is 1.96 bits per heavy atom. The second-order valence-corrected chi connectivity index (χ2v) is 6.08. The standard InChI is InChI=1S/C18H23N5/c1-6-13-16(23-15-11(4)9-20-18(15)21-13)12-7-8-14(10(2)3)22-17(12)19-5/h7-10H,6H2,1-5H3,(H,19,22)(H,20,21). The van der Waals surface area contributed by atoms with Gasteiger partial charge in [-0.2, -0.15) is 0 Å². The summed E-state index contributed by atoms with van der Waals surface area (Å²) in [7, 11) is 1.90. The Morgan fingerprint density at radius 1 is 1.17 bits per heavy atom. The lowest BCUT2D eigenvalue weighted by molar-refractivity contribution is 0.824. The first-order chi connectivity index (χ1) is 11.0. The first-order valence-electron chi connectivity index (χ1n) is 8.08. The summed E-state index contributed by atoms with van der Waals surface area (Å²) in [5.41, 5.74) is 6.85. The van der Waals surface area contributed by atoms with E-state index in [2.05, 4.69) is 43.2 Å². The minimum absolute atomic E-state index is 0.391. The number of anilines is 1. The van der Waals surface area contributed by atoms with Crippen molar-refractivity contribution in [1.82, 2.24) is 19.9 Å². The normalized spacial score (nSPS) is 11.4. The van der Waals surface area contributed by atoms with Crippen LogP contribution in [-0.2, 0) is 6.42 Å². The molecule has 0 spiro atoms. The molecule has 3 aromatic rings. The molecule has 0 saturated carbocycles. The number of nitrogens with one attached hydrogen (secondary N) is 2. The average molecular weight is 309 g/mol. The van der Waals surface area contributed by atoms with Gasteiger partial charge in [0.2, 0.25) is 0 Å². The fourth-order valence-electron chi connectivity index (χ4n) is 2.73. The molecule has 2 N–H and O–H groups in total. The Morgan fingerprint density at radius 3 is 2.61 bits per heavy atom. The number of hydrogen-bond donors (Lipinski definition) is 2. The summed E-state index contributed by atoms with van der Waals surface area (Å²) in [6.07, 6.45) is 2.78. The van der Waals surface area contributed by atoms with Gasteiger partial charge in [0.1, 0.15) is 11.3 Å². The minimum Gasteiger partial charge on any atom is -0.373 e. The molecule has 5 heteroatoms. The van der Waals surface area contributed by atoms with Gasteiger partial charge in [-0.1, -0.05) is 20.8 Å². The van der Waals surface area contributed by atoms with Crippen molar-refractivity contribution in [1.29, 1.82) is 0 Å². The molecule has 0 radical (unpaired) electrons. The van der Waals surface area contributed by atoms with Crippen LogP contribution in [0.2, 0.25) is 0 Å². The van der Waals surface area contributed by atoms with Crippen LogP contribution < -0.4 is 5.32 Å². The molecule has 3 aromatic heterocycles. The van der Waals surface area contributed by atoms with E-state index in [9.17, 15) is 0 Å². The van der Waals surface area contributed by atoms with Crippen LogP contribution in [0.3, 0.4) is 0 Å². The Labute approximate surface area is 136 Å². The van der Waals surface area contributed by atoms with Gasteiger partial charge in [-0.3, -0.25) is 0 Å². The second-order valence-electron chi connectivity index (χ2n) is 6.08. The molecule has 120 valence electrons. The third kappa shape index (κ3) is 2.67. The molecule has 0 fully saturated rings. The maximum atomic E-state index is 4.89. The number of aromatic amines is 1. The van der Waals surface area contributed by atoms with Crippen molar-refractivity contribution < 1.29 is 0 Å². The highest BCUT2D eigenvalue weighted by atomic mass is 15.0. The van der Waals surface area contributed by atoms with Gasteiger partial charge in [0, 0.05) is 24.5 Å². The molecular weight excluding hydrogens is 286 g/mol. The van der Waals surface area contributed by atoms with Crippen molar-refractivity contribution in [3.05, 3.63) is 35.3 Å². The third-order valence-corrected chi connectivity index (χ3v) is 4.10. The fraction of sp³-hybridized carbons (Fsp3) is 0.389. The smallest absolute Gasteiger partial charge is 0.156 e. The van der Waals surface area contributed by atoms with E-state index in [1.165, 1.54) is 0 Å². The number of H-pyrrole nitrogens is 1. The van der Waals surface area contributed by atoms with Gasteiger partial charge in [-0.25, -0.2) is 15.0 Å². The van der Waals surface area contributed by atoms with Crippen LogP contribution in [0, 0.1) is 6.92 Å². The van der Waals surface area contributed by atoms with Gasteiger partial charge in [-0.05, 0) is 37.0 Å². The molecule has 0 aliphatic rings. The summed E-state index contributed by atoms with van der Waals surface area (Å²) in [4.78, 5) is 17.6. The van der Waals surface area contributed by atoms with Crippen LogP contribution in [0.1, 0.15) is 43.6 Å². The average Bonchev–Trinajstić information content (AvgIpc) is 2.93. The number of pyridine rings is 1.